The summed E-state index contributed by atoms with van der Waals surface area (Å²) >= 11 is 0. The summed E-state index contributed by atoms with van der Waals surface area (Å²) in [6.07, 6.45) is 0. The summed E-state index contributed by atoms with van der Waals surface area (Å²) in [5.74, 6) is -3.65. The minimum atomic E-state index is -1.07. The van der Waals surface area contributed by atoms with E-state index < -0.39 is 29.1 Å². The molecule has 0 aliphatic rings. The number of carbonyl (C=O) groups is 2. The largest absolute Gasteiger partial charge is 0.465 e. The van der Waals surface area contributed by atoms with Gasteiger partial charge in [-0.2, -0.15) is 5.10 Å². The van der Waals surface area contributed by atoms with E-state index in [9.17, 15) is 18.4 Å². The zero-order valence-electron chi connectivity index (χ0n) is 15.4. The predicted molar refractivity (Wildman–Crippen MR) is 98.7 cm³/mol. The molecule has 0 aliphatic heterocycles. The minimum absolute atomic E-state index is 0.258. The first-order chi connectivity index (χ1) is 13.3. The van der Waals surface area contributed by atoms with Gasteiger partial charge in [-0.25, -0.2) is 18.3 Å². The molecule has 0 saturated carbocycles. The molecule has 0 atom stereocenters. The number of hydrogen-bond acceptors (Lipinski definition) is 4. The summed E-state index contributed by atoms with van der Waals surface area (Å²) in [5.41, 5.74) is 2.04. The van der Waals surface area contributed by atoms with Crippen molar-refractivity contribution in [1.29, 1.82) is 0 Å². The number of nitrogens with zero attached hydrogens (tertiary/aromatic N) is 2. The lowest BCUT2D eigenvalue weighted by atomic mass is 10.1. The van der Waals surface area contributed by atoms with Crippen molar-refractivity contribution in [2.24, 2.45) is 0 Å². The molecular weight excluding hydrogens is 368 g/mol. The van der Waals surface area contributed by atoms with Crippen LogP contribution in [0.1, 0.15) is 32.1 Å². The number of rotatable bonds is 4. The Morgan fingerprint density at radius 3 is 2.29 bits per heavy atom. The molecular formula is C20H17F2N3O3. The number of nitrogens with one attached hydrogen (secondary N) is 1. The van der Waals surface area contributed by atoms with Crippen molar-refractivity contribution in [3.05, 3.63) is 76.6 Å². The molecule has 144 valence electrons. The van der Waals surface area contributed by atoms with Crippen LogP contribution in [0.15, 0.2) is 42.5 Å². The summed E-state index contributed by atoms with van der Waals surface area (Å²) < 4.78 is 33.9. The third kappa shape index (κ3) is 3.75. The fraction of sp³-hybridized carbons (Fsp3) is 0.150. The van der Waals surface area contributed by atoms with E-state index in [1.54, 1.807) is 28.9 Å². The number of halogens is 2. The van der Waals surface area contributed by atoms with Crippen LogP contribution in [-0.2, 0) is 4.74 Å². The number of hydrogen-bond donors (Lipinski definition) is 1. The van der Waals surface area contributed by atoms with Gasteiger partial charge in [0.1, 0.15) is 11.6 Å². The highest BCUT2D eigenvalue weighted by molar-refractivity contribution is 6.05. The second-order valence-electron chi connectivity index (χ2n) is 6.14. The molecule has 1 heterocycles. The number of carbonyl (C=O) groups excluding carboxylic acids is 2. The van der Waals surface area contributed by atoms with Crippen LogP contribution in [0.25, 0.3) is 5.69 Å². The number of benzene rings is 2. The van der Waals surface area contributed by atoms with Gasteiger partial charge in [0, 0.05) is 17.3 Å². The maximum Gasteiger partial charge on any atom is 0.340 e. The quantitative estimate of drug-likeness (QED) is 0.694. The molecule has 0 unspecified atom stereocenters. The molecule has 0 radical (unpaired) electrons. The van der Waals surface area contributed by atoms with Crippen molar-refractivity contribution in [3.63, 3.8) is 0 Å². The Labute approximate surface area is 159 Å². The predicted octanol–water partition coefficient (Wildman–Crippen LogP) is 3.81. The number of methoxy groups -OCH3 is 1. The van der Waals surface area contributed by atoms with Gasteiger partial charge in [-0.1, -0.05) is 0 Å². The number of esters is 1. The van der Waals surface area contributed by atoms with Crippen molar-refractivity contribution in [2.45, 2.75) is 13.8 Å². The Bertz CT molecular complexity index is 1060. The smallest absolute Gasteiger partial charge is 0.340 e. The monoisotopic (exact) mass is 385 g/mol. The lowest BCUT2D eigenvalue weighted by Crippen LogP contribution is -2.15. The van der Waals surface area contributed by atoms with Gasteiger partial charge in [0.25, 0.3) is 5.91 Å². The van der Waals surface area contributed by atoms with Crippen LogP contribution in [-0.4, -0.2) is 28.8 Å². The zero-order chi connectivity index (χ0) is 20.4. The molecule has 0 spiro atoms. The van der Waals surface area contributed by atoms with Gasteiger partial charge in [0.2, 0.25) is 0 Å². The summed E-state index contributed by atoms with van der Waals surface area (Å²) in [4.78, 5) is 24.0. The van der Waals surface area contributed by atoms with Crippen molar-refractivity contribution >= 4 is 17.6 Å². The highest BCUT2D eigenvalue weighted by Crippen LogP contribution is 2.21. The van der Waals surface area contributed by atoms with Gasteiger partial charge in [-0.3, -0.25) is 4.79 Å². The number of amides is 1. The minimum Gasteiger partial charge on any atom is -0.465 e. The van der Waals surface area contributed by atoms with Crippen molar-refractivity contribution in [3.8, 4) is 5.69 Å². The fourth-order valence-corrected chi connectivity index (χ4v) is 2.75. The average molecular weight is 385 g/mol. The molecule has 28 heavy (non-hydrogen) atoms. The molecule has 0 saturated heterocycles. The van der Waals surface area contributed by atoms with E-state index in [1.165, 1.54) is 0 Å². The second kappa shape index (κ2) is 7.59. The summed E-state index contributed by atoms with van der Waals surface area (Å²) in [5, 5.41) is 6.70. The SMILES string of the molecule is COC(=O)c1cc(NC(=O)c2ccc(-n3nc(C)cc3C)cc2)c(F)cc1F. The van der Waals surface area contributed by atoms with Gasteiger partial charge in [0.15, 0.2) is 0 Å². The van der Waals surface area contributed by atoms with E-state index in [2.05, 4.69) is 15.2 Å². The summed E-state index contributed by atoms with van der Waals surface area (Å²) in [7, 11) is 1.08. The summed E-state index contributed by atoms with van der Waals surface area (Å²) in [6, 6.07) is 9.88. The van der Waals surface area contributed by atoms with Gasteiger partial charge in [-0.15, -0.1) is 0 Å². The second-order valence-corrected chi connectivity index (χ2v) is 6.14. The molecule has 2 aromatic carbocycles. The Kier molecular flexibility index (Phi) is 5.21. The Morgan fingerprint density at radius 1 is 1.04 bits per heavy atom. The number of aryl methyl sites for hydroxylation is 2. The van der Waals surface area contributed by atoms with Crippen molar-refractivity contribution in [1.82, 2.24) is 9.78 Å². The van der Waals surface area contributed by atoms with E-state index >= 15 is 0 Å². The molecule has 1 amide bonds. The summed E-state index contributed by atoms with van der Waals surface area (Å²) in [6.45, 7) is 3.79. The molecule has 8 heteroatoms. The van der Waals surface area contributed by atoms with E-state index in [4.69, 9.17) is 0 Å². The first-order valence-corrected chi connectivity index (χ1v) is 8.32. The Balaban J connectivity index is 1.83. The van der Waals surface area contributed by atoms with Crippen LogP contribution in [0.4, 0.5) is 14.5 Å². The molecule has 0 aliphatic carbocycles. The average Bonchev–Trinajstić information content (AvgIpc) is 3.01. The maximum absolute atomic E-state index is 14.0. The Hall–Kier alpha value is -3.55. The van der Waals surface area contributed by atoms with Crippen LogP contribution in [0, 0.1) is 25.5 Å². The third-order valence-corrected chi connectivity index (χ3v) is 4.09. The van der Waals surface area contributed by atoms with E-state index in [1.807, 2.05) is 19.9 Å². The highest BCUT2D eigenvalue weighted by atomic mass is 19.1. The molecule has 0 bridgehead atoms. The molecule has 1 aromatic heterocycles. The van der Waals surface area contributed by atoms with Crippen LogP contribution in [0.5, 0.6) is 0 Å². The number of aromatic nitrogens is 2. The van der Waals surface area contributed by atoms with E-state index in [0.717, 1.165) is 30.3 Å². The zero-order valence-corrected chi connectivity index (χ0v) is 15.4. The lowest BCUT2D eigenvalue weighted by molar-refractivity contribution is 0.0595. The van der Waals surface area contributed by atoms with Crippen LogP contribution in [0.3, 0.4) is 0 Å². The number of anilines is 1. The normalized spacial score (nSPS) is 10.6. The van der Waals surface area contributed by atoms with Crippen molar-refractivity contribution in [2.75, 3.05) is 12.4 Å². The topological polar surface area (TPSA) is 73.2 Å². The maximum atomic E-state index is 14.0. The first kappa shape index (κ1) is 19.2. The fourth-order valence-electron chi connectivity index (χ4n) is 2.75. The molecule has 1 N–H and O–H groups in total. The van der Waals surface area contributed by atoms with Crippen LogP contribution >= 0.6 is 0 Å². The molecule has 0 fully saturated rings. The molecule has 6 nitrogen and oxygen atoms in total. The van der Waals surface area contributed by atoms with Gasteiger partial charge in [0.05, 0.1) is 29.7 Å². The Morgan fingerprint density at radius 2 is 1.71 bits per heavy atom. The van der Waals surface area contributed by atoms with E-state index in [-0.39, 0.29) is 11.3 Å². The van der Waals surface area contributed by atoms with Crippen LogP contribution < -0.4 is 5.32 Å². The standard InChI is InChI=1S/C20H17F2N3O3/c1-11-8-12(2)25(24-11)14-6-4-13(5-7-14)19(26)23-18-9-15(20(27)28-3)16(21)10-17(18)22/h4-10H,1-3H3,(H,23,26). The third-order valence-electron chi connectivity index (χ3n) is 4.09. The molecule has 3 aromatic rings. The van der Waals surface area contributed by atoms with Gasteiger partial charge < -0.3 is 10.1 Å². The van der Waals surface area contributed by atoms with Gasteiger partial charge >= 0.3 is 5.97 Å². The van der Waals surface area contributed by atoms with Gasteiger partial charge in [-0.05, 0) is 50.2 Å². The number of ether oxygens (including phenoxy) is 1. The van der Waals surface area contributed by atoms with E-state index in [0.29, 0.717) is 6.07 Å². The van der Waals surface area contributed by atoms with Crippen LogP contribution in [0.2, 0.25) is 0 Å². The lowest BCUT2D eigenvalue weighted by Gasteiger charge is -2.10. The molecule has 3 rings (SSSR count). The highest BCUT2D eigenvalue weighted by Gasteiger charge is 2.18. The van der Waals surface area contributed by atoms with Crippen molar-refractivity contribution < 1.29 is 23.1 Å². The first-order valence-electron chi connectivity index (χ1n) is 8.32.